The van der Waals surface area contributed by atoms with E-state index < -0.39 is 0 Å². The van der Waals surface area contributed by atoms with Crippen molar-refractivity contribution in [2.24, 2.45) is 0 Å². The lowest BCUT2D eigenvalue weighted by molar-refractivity contribution is -0.121. The van der Waals surface area contributed by atoms with Crippen molar-refractivity contribution in [3.05, 3.63) is 83.9 Å². The highest BCUT2D eigenvalue weighted by molar-refractivity contribution is 5.76. The molecule has 0 spiro atoms. The van der Waals surface area contributed by atoms with Crippen molar-refractivity contribution in [3.63, 3.8) is 0 Å². The Balaban J connectivity index is 1.50. The first kappa shape index (κ1) is 16.0. The molecule has 0 saturated carbocycles. The van der Waals surface area contributed by atoms with Gasteiger partial charge < -0.3 is 9.73 Å². The van der Waals surface area contributed by atoms with Crippen molar-refractivity contribution >= 4 is 5.91 Å². The molecular formula is C20H18FNO2. The van der Waals surface area contributed by atoms with Crippen LogP contribution in [0.15, 0.2) is 71.1 Å². The van der Waals surface area contributed by atoms with Crippen LogP contribution >= 0.6 is 0 Å². The van der Waals surface area contributed by atoms with E-state index in [2.05, 4.69) is 5.32 Å². The Kier molecular flexibility index (Phi) is 5.06. The third-order valence-electron chi connectivity index (χ3n) is 3.72. The first-order valence-corrected chi connectivity index (χ1v) is 7.86. The fourth-order valence-corrected chi connectivity index (χ4v) is 2.40. The van der Waals surface area contributed by atoms with Crippen molar-refractivity contribution < 1.29 is 13.6 Å². The van der Waals surface area contributed by atoms with Gasteiger partial charge in [0.2, 0.25) is 5.91 Å². The van der Waals surface area contributed by atoms with E-state index in [1.165, 1.54) is 12.1 Å². The predicted octanol–water partition coefficient (Wildman–Crippen LogP) is 4.33. The zero-order valence-corrected chi connectivity index (χ0v) is 13.2. The Hall–Kier alpha value is -2.88. The smallest absolute Gasteiger partial charge is 0.220 e. The molecule has 0 aliphatic heterocycles. The summed E-state index contributed by atoms with van der Waals surface area (Å²) in [5, 5.41) is 2.89. The second kappa shape index (κ2) is 7.59. The van der Waals surface area contributed by atoms with E-state index in [9.17, 15) is 9.18 Å². The highest BCUT2D eigenvalue weighted by atomic mass is 19.1. The highest BCUT2D eigenvalue weighted by Crippen LogP contribution is 2.23. The summed E-state index contributed by atoms with van der Waals surface area (Å²) in [4.78, 5) is 11.9. The summed E-state index contributed by atoms with van der Waals surface area (Å²) in [5.74, 6) is 1.12. The Morgan fingerprint density at radius 1 is 0.958 bits per heavy atom. The maximum Gasteiger partial charge on any atom is 0.220 e. The SMILES string of the molecule is O=C(CCc1ccc(-c2ccc(F)cc2)o1)NCc1ccccc1. The lowest BCUT2D eigenvalue weighted by Crippen LogP contribution is -2.22. The van der Waals surface area contributed by atoms with Gasteiger partial charge in [-0.05, 0) is 42.0 Å². The van der Waals surface area contributed by atoms with Gasteiger partial charge in [0.15, 0.2) is 0 Å². The first-order valence-electron chi connectivity index (χ1n) is 7.86. The summed E-state index contributed by atoms with van der Waals surface area (Å²) in [5.41, 5.74) is 1.89. The van der Waals surface area contributed by atoms with Crippen LogP contribution in [0.2, 0.25) is 0 Å². The minimum Gasteiger partial charge on any atom is -0.461 e. The summed E-state index contributed by atoms with van der Waals surface area (Å²) in [6.07, 6.45) is 0.894. The van der Waals surface area contributed by atoms with E-state index >= 15 is 0 Å². The van der Waals surface area contributed by atoms with E-state index in [0.29, 0.717) is 25.1 Å². The minimum atomic E-state index is -0.277. The summed E-state index contributed by atoms with van der Waals surface area (Å²) in [7, 11) is 0. The van der Waals surface area contributed by atoms with Crippen LogP contribution in [0.4, 0.5) is 4.39 Å². The number of amides is 1. The predicted molar refractivity (Wildman–Crippen MR) is 90.7 cm³/mol. The fourth-order valence-electron chi connectivity index (χ4n) is 2.40. The molecule has 0 fully saturated rings. The van der Waals surface area contributed by atoms with Crippen molar-refractivity contribution in [2.75, 3.05) is 0 Å². The van der Waals surface area contributed by atoms with Gasteiger partial charge in [-0.3, -0.25) is 4.79 Å². The molecule has 3 rings (SSSR count). The lowest BCUT2D eigenvalue weighted by atomic mass is 10.2. The average Bonchev–Trinajstić information content (AvgIpc) is 3.09. The number of halogens is 1. The molecule has 0 unspecified atom stereocenters. The van der Waals surface area contributed by atoms with E-state index in [-0.39, 0.29) is 11.7 Å². The van der Waals surface area contributed by atoms with Gasteiger partial charge in [0.05, 0.1) is 0 Å². The van der Waals surface area contributed by atoms with E-state index in [4.69, 9.17) is 4.42 Å². The summed E-state index contributed by atoms with van der Waals surface area (Å²) in [6.45, 7) is 0.526. The molecule has 4 heteroatoms. The quantitative estimate of drug-likeness (QED) is 0.733. The van der Waals surface area contributed by atoms with Gasteiger partial charge >= 0.3 is 0 Å². The van der Waals surface area contributed by atoms with Crippen molar-refractivity contribution in [2.45, 2.75) is 19.4 Å². The average molecular weight is 323 g/mol. The third-order valence-corrected chi connectivity index (χ3v) is 3.72. The molecule has 1 heterocycles. The number of furan rings is 1. The van der Waals surface area contributed by atoms with Crippen LogP contribution < -0.4 is 5.32 Å². The maximum atomic E-state index is 12.9. The van der Waals surface area contributed by atoms with E-state index in [0.717, 1.165) is 16.9 Å². The van der Waals surface area contributed by atoms with Crippen LogP contribution in [0, 0.1) is 5.82 Å². The number of hydrogen-bond acceptors (Lipinski definition) is 2. The Morgan fingerprint density at radius 2 is 1.71 bits per heavy atom. The number of hydrogen-bond donors (Lipinski definition) is 1. The zero-order chi connectivity index (χ0) is 16.8. The fraction of sp³-hybridized carbons (Fsp3) is 0.150. The molecule has 0 bridgehead atoms. The van der Waals surface area contributed by atoms with Crippen LogP contribution in [-0.4, -0.2) is 5.91 Å². The lowest BCUT2D eigenvalue weighted by Gasteiger charge is -2.04. The number of carbonyl (C=O) groups is 1. The number of carbonyl (C=O) groups excluding carboxylic acids is 1. The van der Waals surface area contributed by atoms with Gasteiger partial charge in [-0.1, -0.05) is 30.3 Å². The number of aryl methyl sites for hydroxylation is 1. The summed E-state index contributed by atoms with van der Waals surface area (Å²) in [6, 6.07) is 19.6. The van der Waals surface area contributed by atoms with Crippen LogP contribution in [-0.2, 0) is 17.8 Å². The molecule has 122 valence electrons. The molecule has 0 atom stereocenters. The topological polar surface area (TPSA) is 42.2 Å². The first-order chi connectivity index (χ1) is 11.7. The van der Waals surface area contributed by atoms with Crippen LogP contribution in [0.5, 0.6) is 0 Å². The molecule has 0 aliphatic carbocycles. The van der Waals surface area contributed by atoms with Crippen molar-refractivity contribution in [1.29, 1.82) is 0 Å². The molecule has 0 radical (unpaired) electrons. The number of nitrogens with one attached hydrogen (secondary N) is 1. The van der Waals surface area contributed by atoms with Crippen LogP contribution in [0.1, 0.15) is 17.7 Å². The zero-order valence-electron chi connectivity index (χ0n) is 13.2. The van der Waals surface area contributed by atoms with Gasteiger partial charge in [-0.25, -0.2) is 4.39 Å². The minimum absolute atomic E-state index is 0.0152. The van der Waals surface area contributed by atoms with E-state index in [1.54, 1.807) is 12.1 Å². The Labute approximate surface area is 140 Å². The molecule has 1 amide bonds. The summed E-state index contributed by atoms with van der Waals surface area (Å²) >= 11 is 0. The second-order valence-electron chi connectivity index (χ2n) is 5.54. The highest BCUT2D eigenvalue weighted by Gasteiger charge is 2.08. The molecule has 1 aromatic heterocycles. The van der Waals surface area contributed by atoms with Gasteiger partial charge in [-0.2, -0.15) is 0 Å². The van der Waals surface area contributed by atoms with Gasteiger partial charge in [-0.15, -0.1) is 0 Å². The number of benzene rings is 2. The maximum absolute atomic E-state index is 12.9. The molecule has 2 aromatic carbocycles. The molecule has 3 nitrogen and oxygen atoms in total. The van der Waals surface area contributed by atoms with Gasteiger partial charge in [0.25, 0.3) is 0 Å². The number of rotatable bonds is 6. The van der Waals surface area contributed by atoms with Crippen molar-refractivity contribution in [1.82, 2.24) is 5.32 Å². The van der Waals surface area contributed by atoms with Gasteiger partial charge in [0.1, 0.15) is 17.3 Å². The largest absolute Gasteiger partial charge is 0.461 e. The monoisotopic (exact) mass is 323 g/mol. The third kappa shape index (κ3) is 4.32. The normalized spacial score (nSPS) is 10.5. The molecule has 3 aromatic rings. The standard InChI is InChI=1S/C20H18FNO2/c21-17-8-6-16(7-9-17)19-12-10-18(24-19)11-13-20(23)22-14-15-4-2-1-3-5-15/h1-10,12H,11,13-14H2,(H,22,23). The van der Waals surface area contributed by atoms with E-state index in [1.807, 2.05) is 42.5 Å². The Morgan fingerprint density at radius 3 is 2.46 bits per heavy atom. The molecule has 0 aliphatic rings. The van der Waals surface area contributed by atoms with Crippen LogP contribution in [0.25, 0.3) is 11.3 Å². The molecule has 0 saturated heterocycles. The van der Waals surface area contributed by atoms with Crippen LogP contribution in [0.3, 0.4) is 0 Å². The molecule has 24 heavy (non-hydrogen) atoms. The molecular weight excluding hydrogens is 305 g/mol. The summed E-state index contributed by atoms with van der Waals surface area (Å²) < 4.78 is 18.7. The Bertz CT molecular complexity index is 794. The second-order valence-corrected chi connectivity index (χ2v) is 5.54. The van der Waals surface area contributed by atoms with Crippen molar-refractivity contribution in [3.8, 4) is 11.3 Å². The van der Waals surface area contributed by atoms with Gasteiger partial charge in [0, 0.05) is 24.9 Å². The molecule has 1 N–H and O–H groups in total.